The average molecular weight is 545 g/mol. The van der Waals surface area contributed by atoms with Crippen molar-refractivity contribution in [2.45, 2.75) is 27.4 Å². The molecule has 2 aromatic carbocycles. The molecule has 0 atom stereocenters. The molecule has 0 aliphatic rings. The summed E-state index contributed by atoms with van der Waals surface area (Å²) in [4.78, 5) is 45.8. The second kappa shape index (κ2) is 13.1. The molecule has 0 aliphatic carbocycles. The van der Waals surface area contributed by atoms with Gasteiger partial charge in [0.15, 0.2) is 29.1 Å². The van der Waals surface area contributed by atoms with Gasteiger partial charge in [-0.1, -0.05) is 19.6 Å². The van der Waals surface area contributed by atoms with E-state index in [0.717, 1.165) is 28.8 Å². The van der Waals surface area contributed by atoms with E-state index >= 15 is 0 Å². The van der Waals surface area contributed by atoms with E-state index in [9.17, 15) is 36.7 Å². The molecule has 0 amide bonds. The van der Waals surface area contributed by atoms with E-state index in [1.165, 1.54) is 54.2 Å². The summed E-state index contributed by atoms with van der Waals surface area (Å²) in [5, 5.41) is 8.81. The van der Waals surface area contributed by atoms with Gasteiger partial charge in [0.25, 0.3) is 11.1 Å². The lowest BCUT2D eigenvalue weighted by atomic mass is 10.2. The van der Waals surface area contributed by atoms with Gasteiger partial charge in [0, 0.05) is 12.4 Å². The molecule has 0 unspecified atom stereocenters. The van der Waals surface area contributed by atoms with E-state index < -0.39 is 40.4 Å². The van der Waals surface area contributed by atoms with Crippen molar-refractivity contribution < 1.29 is 32.3 Å². The Bertz CT molecular complexity index is 1510. The van der Waals surface area contributed by atoms with Crippen molar-refractivity contribution in [2.75, 3.05) is 0 Å². The lowest BCUT2D eigenvalue weighted by Gasteiger charge is -2.07. The minimum Gasteiger partial charge on any atom is -0.477 e. The van der Waals surface area contributed by atoms with Crippen molar-refractivity contribution in [3.8, 4) is 0 Å². The van der Waals surface area contributed by atoms with Crippen molar-refractivity contribution in [3.63, 3.8) is 0 Å². The van der Waals surface area contributed by atoms with Gasteiger partial charge in [0.05, 0.1) is 18.7 Å². The maximum atomic E-state index is 13.1. The Kier molecular flexibility index (Phi) is 10.2. The summed E-state index contributed by atoms with van der Waals surface area (Å²) in [5.41, 5.74) is -0.625. The minimum absolute atomic E-state index is 0. The number of ketones is 1. The van der Waals surface area contributed by atoms with Crippen molar-refractivity contribution in [2.24, 2.45) is 0 Å². The molecule has 11 heteroatoms. The predicted molar refractivity (Wildman–Crippen MR) is 136 cm³/mol. The zero-order valence-electron chi connectivity index (χ0n) is 19.8. The van der Waals surface area contributed by atoms with Gasteiger partial charge in [0.2, 0.25) is 0 Å². The normalized spacial score (nSPS) is 10.2. The number of hydrogen-bond acceptors (Lipinski definition) is 4. The summed E-state index contributed by atoms with van der Waals surface area (Å²) in [6.07, 6.45) is 2.88. The average Bonchev–Trinajstić information content (AvgIpc) is 2.86. The molecule has 0 saturated carbocycles. The fourth-order valence-electron chi connectivity index (χ4n) is 3.42. The van der Waals surface area contributed by atoms with Crippen LogP contribution < -0.4 is 11.1 Å². The van der Waals surface area contributed by atoms with E-state index in [-0.39, 0.29) is 37.4 Å². The van der Waals surface area contributed by atoms with Crippen molar-refractivity contribution in [3.05, 3.63) is 139 Å². The van der Waals surface area contributed by atoms with Crippen LogP contribution in [-0.2, 0) is 13.1 Å². The zero-order chi connectivity index (χ0) is 28.0. The smallest absolute Gasteiger partial charge is 0.341 e. The quantitative estimate of drug-likeness (QED) is 0.276. The van der Waals surface area contributed by atoms with Crippen LogP contribution in [0.15, 0.2) is 82.6 Å². The second-order valence-electron chi connectivity index (χ2n) is 8.07. The van der Waals surface area contributed by atoms with Crippen LogP contribution in [-0.4, -0.2) is 26.0 Å². The summed E-state index contributed by atoms with van der Waals surface area (Å²) >= 11 is 0. The van der Waals surface area contributed by atoms with Crippen LogP contribution in [0.25, 0.3) is 0 Å². The van der Waals surface area contributed by atoms with Crippen LogP contribution >= 0.6 is 0 Å². The number of hydrogen-bond donors (Lipinski definition) is 1. The number of carbonyl (C=O) groups excluding carboxylic acids is 1. The predicted octanol–water partition coefficient (Wildman–Crippen LogP) is 4.89. The Morgan fingerprint density at radius 3 is 1.49 bits per heavy atom. The molecule has 204 valence electrons. The minimum atomic E-state index is -1.33. The molecule has 4 rings (SSSR count). The van der Waals surface area contributed by atoms with Crippen LogP contribution in [0.4, 0.5) is 17.6 Å². The number of carbonyl (C=O) groups is 2. The number of nitrogens with zero attached hydrogens (tertiary/aromatic N) is 2. The van der Waals surface area contributed by atoms with Crippen LogP contribution in [0.3, 0.4) is 0 Å². The summed E-state index contributed by atoms with van der Waals surface area (Å²) in [6.45, 7) is 1.35. The van der Waals surface area contributed by atoms with Gasteiger partial charge in [-0.25, -0.2) is 22.4 Å². The third kappa shape index (κ3) is 7.60. The molecular formula is C28H24F4N2O5. The molecule has 0 saturated heterocycles. The Hall–Kier alpha value is -4.80. The van der Waals surface area contributed by atoms with Crippen LogP contribution in [0.5, 0.6) is 0 Å². The lowest BCUT2D eigenvalue weighted by Crippen LogP contribution is -2.26. The summed E-state index contributed by atoms with van der Waals surface area (Å²) in [5.74, 6) is -5.55. The number of aromatic carboxylic acids is 1. The second-order valence-corrected chi connectivity index (χ2v) is 8.07. The number of carboxylic acids is 1. The molecule has 0 spiro atoms. The SMILES string of the molecule is C.CC(=O)c1cccn(Cc2ccc(F)c(F)c2)c1=O.O=C(O)c1cccn(Cc2ccc(F)c(F)c2)c1=O. The number of carboxylic acid groups (broad SMARTS) is 1. The van der Waals surface area contributed by atoms with Gasteiger partial charge in [-0.05, 0) is 66.6 Å². The molecule has 0 radical (unpaired) electrons. The van der Waals surface area contributed by atoms with Crippen LogP contribution in [0.1, 0.15) is 46.2 Å². The number of rotatable bonds is 6. The largest absolute Gasteiger partial charge is 0.477 e. The van der Waals surface area contributed by atoms with E-state index in [0.29, 0.717) is 11.1 Å². The molecule has 0 aliphatic heterocycles. The standard InChI is InChI=1S/C14H11F2NO2.C13H9F2NO3.CH4/c1-9(18)11-3-2-6-17(14(11)19)8-10-4-5-12(15)13(16)7-10;14-10-4-3-8(6-11(10)15)7-16-5-1-2-9(12(16)17)13(18)19;/h2-7H,8H2,1H3;1-6H,7H2,(H,18,19);1H4. The first kappa shape index (κ1) is 30.4. The zero-order valence-corrected chi connectivity index (χ0v) is 19.8. The van der Waals surface area contributed by atoms with Crippen molar-refractivity contribution in [1.82, 2.24) is 9.13 Å². The van der Waals surface area contributed by atoms with Crippen molar-refractivity contribution >= 4 is 11.8 Å². The molecule has 7 nitrogen and oxygen atoms in total. The number of benzene rings is 2. The molecule has 0 fully saturated rings. The third-order valence-electron chi connectivity index (χ3n) is 5.32. The number of pyridine rings is 2. The van der Waals surface area contributed by atoms with Crippen molar-refractivity contribution in [1.29, 1.82) is 0 Å². The molecule has 1 N–H and O–H groups in total. The number of aromatic nitrogens is 2. The summed E-state index contributed by atoms with van der Waals surface area (Å²) in [6, 6.07) is 12.3. The number of Topliss-reactive ketones (excluding diaryl/α,β-unsaturated/α-hetero) is 1. The molecule has 39 heavy (non-hydrogen) atoms. The van der Waals surface area contributed by atoms with Gasteiger partial charge in [0.1, 0.15) is 5.56 Å². The Labute approximate surface area is 220 Å². The lowest BCUT2D eigenvalue weighted by molar-refractivity contribution is 0.0694. The van der Waals surface area contributed by atoms with Gasteiger partial charge in [-0.15, -0.1) is 0 Å². The summed E-state index contributed by atoms with van der Waals surface area (Å²) in [7, 11) is 0. The fourth-order valence-corrected chi connectivity index (χ4v) is 3.42. The van der Waals surface area contributed by atoms with E-state index in [4.69, 9.17) is 5.11 Å². The highest BCUT2D eigenvalue weighted by atomic mass is 19.2. The third-order valence-corrected chi connectivity index (χ3v) is 5.32. The van der Waals surface area contributed by atoms with E-state index in [1.54, 1.807) is 6.07 Å². The van der Waals surface area contributed by atoms with Crippen LogP contribution in [0, 0.1) is 23.3 Å². The fraction of sp³-hybridized carbons (Fsp3) is 0.143. The van der Waals surface area contributed by atoms with E-state index in [2.05, 4.69) is 0 Å². The Morgan fingerprint density at radius 1 is 0.692 bits per heavy atom. The first-order valence-electron chi connectivity index (χ1n) is 11.0. The van der Waals surface area contributed by atoms with Gasteiger partial charge in [-0.2, -0.15) is 0 Å². The maximum absolute atomic E-state index is 13.1. The van der Waals surface area contributed by atoms with Gasteiger partial charge < -0.3 is 14.2 Å². The summed E-state index contributed by atoms with van der Waals surface area (Å²) < 4.78 is 54.1. The van der Waals surface area contributed by atoms with E-state index in [1.807, 2.05) is 0 Å². The monoisotopic (exact) mass is 544 g/mol. The van der Waals surface area contributed by atoms with Crippen LogP contribution in [0.2, 0.25) is 0 Å². The molecular weight excluding hydrogens is 520 g/mol. The Morgan fingerprint density at radius 2 is 1.10 bits per heavy atom. The molecule has 4 aromatic rings. The highest BCUT2D eigenvalue weighted by Gasteiger charge is 2.11. The first-order valence-corrected chi connectivity index (χ1v) is 11.0. The topological polar surface area (TPSA) is 98.4 Å². The first-order chi connectivity index (χ1) is 18.0. The highest BCUT2D eigenvalue weighted by molar-refractivity contribution is 5.93. The maximum Gasteiger partial charge on any atom is 0.341 e. The number of halogens is 4. The molecule has 2 aromatic heterocycles. The Balaban J connectivity index is 0.000000267. The van der Waals surface area contributed by atoms with Gasteiger partial charge in [-0.3, -0.25) is 14.4 Å². The highest BCUT2D eigenvalue weighted by Crippen LogP contribution is 2.11. The molecule has 2 heterocycles. The molecule has 0 bridgehead atoms. The van der Waals surface area contributed by atoms with Gasteiger partial charge >= 0.3 is 5.97 Å².